The van der Waals surface area contributed by atoms with Gasteiger partial charge in [-0.15, -0.1) is 0 Å². The van der Waals surface area contributed by atoms with Gasteiger partial charge in [0.1, 0.15) is 0 Å². The summed E-state index contributed by atoms with van der Waals surface area (Å²) in [5.41, 5.74) is 1.35. The van der Waals surface area contributed by atoms with Crippen molar-refractivity contribution in [3.8, 4) is 0 Å². The lowest BCUT2D eigenvalue weighted by Crippen LogP contribution is -2.01. The van der Waals surface area contributed by atoms with E-state index in [2.05, 4.69) is 18.0 Å². The van der Waals surface area contributed by atoms with Crippen LogP contribution in [0.2, 0.25) is 0 Å². The van der Waals surface area contributed by atoms with Gasteiger partial charge < -0.3 is 4.74 Å². The Kier molecular flexibility index (Phi) is 3.58. The van der Waals surface area contributed by atoms with E-state index in [0.29, 0.717) is 6.61 Å². The second-order valence-electron chi connectivity index (χ2n) is 2.63. The third kappa shape index (κ3) is 2.53. The van der Waals surface area contributed by atoms with E-state index in [1.807, 2.05) is 19.1 Å². The van der Waals surface area contributed by atoms with Crippen molar-refractivity contribution >= 4 is 5.90 Å². The Hall–Kier alpha value is -1.05. The number of aliphatic imine (C=N–C) groups is 1. The van der Waals surface area contributed by atoms with E-state index in [0.717, 1.165) is 18.9 Å². The smallest absolute Gasteiger partial charge is 0.208 e. The van der Waals surface area contributed by atoms with Gasteiger partial charge in [-0.1, -0.05) is 19.1 Å². The maximum atomic E-state index is 5.29. The molecule has 0 aromatic heterocycles. The van der Waals surface area contributed by atoms with Crippen molar-refractivity contribution < 1.29 is 4.74 Å². The summed E-state index contributed by atoms with van der Waals surface area (Å²) in [6, 6.07) is 0. The molecule has 0 N–H and O–H groups in total. The fourth-order valence-electron chi connectivity index (χ4n) is 1.02. The molecule has 0 aromatic carbocycles. The van der Waals surface area contributed by atoms with Gasteiger partial charge in [0.15, 0.2) is 0 Å². The van der Waals surface area contributed by atoms with Crippen molar-refractivity contribution in [2.45, 2.75) is 20.3 Å². The molecule has 1 aliphatic rings. The van der Waals surface area contributed by atoms with Crippen LogP contribution in [0, 0.1) is 0 Å². The van der Waals surface area contributed by atoms with Crippen LogP contribution in [-0.4, -0.2) is 19.0 Å². The van der Waals surface area contributed by atoms with Crippen molar-refractivity contribution in [1.82, 2.24) is 0 Å². The Morgan fingerprint density at radius 2 is 2.33 bits per heavy atom. The van der Waals surface area contributed by atoms with Gasteiger partial charge in [-0.25, -0.2) is 4.99 Å². The molecule has 0 aliphatic carbocycles. The average Bonchev–Trinajstić information content (AvgIpc) is 2.31. The fraction of sp³-hybridized carbons (Fsp3) is 0.500. The number of hydrogen-bond acceptors (Lipinski definition) is 2. The Bertz CT molecular complexity index is 226. The van der Waals surface area contributed by atoms with Crippen LogP contribution in [0.4, 0.5) is 0 Å². The first-order valence-electron chi connectivity index (χ1n) is 4.40. The zero-order valence-electron chi connectivity index (χ0n) is 7.71. The Morgan fingerprint density at radius 1 is 1.50 bits per heavy atom. The molecule has 2 nitrogen and oxygen atoms in total. The molecule has 0 atom stereocenters. The SMILES string of the molecule is CCOC1=NCC(CC)=CC=C1. The lowest BCUT2D eigenvalue weighted by molar-refractivity contribution is 0.329. The van der Waals surface area contributed by atoms with Crippen molar-refractivity contribution in [2.24, 2.45) is 4.99 Å². The summed E-state index contributed by atoms with van der Waals surface area (Å²) in [5.74, 6) is 0.747. The zero-order valence-corrected chi connectivity index (χ0v) is 7.71. The van der Waals surface area contributed by atoms with E-state index < -0.39 is 0 Å². The molecular formula is C10H15NO. The summed E-state index contributed by atoms with van der Waals surface area (Å²) in [6.07, 6.45) is 7.08. The van der Waals surface area contributed by atoms with E-state index in [4.69, 9.17) is 4.74 Å². The lowest BCUT2D eigenvalue weighted by atomic mass is 10.2. The van der Waals surface area contributed by atoms with Gasteiger partial charge in [0.25, 0.3) is 0 Å². The number of allylic oxidation sites excluding steroid dienone is 2. The highest BCUT2D eigenvalue weighted by Gasteiger charge is 1.98. The van der Waals surface area contributed by atoms with Crippen molar-refractivity contribution in [1.29, 1.82) is 0 Å². The third-order valence-electron chi connectivity index (χ3n) is 1.76. The number of ether oxygens (including phenoxy) is 1. The first-order chi connectivity index (χ1) is 5.86. The van der Waals surface area contributed by atoms with Gasteiger partial charge in [-0.05, 0) is 25.0 Å². The molecule has 0 unspecified atom stereocenters. The Labute approximate surface area is 73.6 Å². The van der Waals surface area contributed by atoms with Crippen LogP contribution in [0.1, 0.15) is 20.3 Å². The predicted octanol–water partition coefficient (Wildman–Crippen LogP) is 2.33. The minimum absolute atomic E-state index is 0.685. The monoisotopic (exact) mass is 165 g/mol. The molecule has 12 heavy (non-hydrogen) atoms. The molecule has 66 valence electrons. The molecule has 1 rings (SSSR count). The molecule has 0 saturated heterocycles. The molecule has 0 radical (unpaired) electrons. The van der Waals surface area contributed by atoms with E-state index in [1.165, 1.54) is 5.57 Å². The number of hydrogen-bond donors (Lipinski definition) is 0. The molecule has 0 spiro atoms. The van der Waals surface area contributed by atoms with Gasteiger partial charge in [0, 0.05) is 0 Å². The summed E-state index contributed by atoms with van der Waals surface area (Å²) in [5, 5.41) is 0. The van der Waals surface area contributed by atoms with Crippen molar-refractivity contribution in [3.05, 3.63) is 23.8 Å². The van der Waals surface area contributed by atoms with Crippen LogP contribution in [0.25, 0.3) is 0 Å². The highest BCUT2D eigenvalue weighted by Crippen LogP contribution is 2.05. The average molecular weight is 165 g/mol. The fourth-order valence-corrected chi connectivity index (χ4v) is 1.02. The number of nitrogens with zero attached hydrogens (tertiary/aromatic N) is 1. The first kappa shape index (κ1) is 9.04. The predicted molar refractivity (Wildman–Crippen MR) is 51.4 cm³/mol. The van der Waals surface area contributed by atoms with Crippen LogP contribution in [0.3, 0.4) is 0 Å². The van der Waals surface area contributed by atoms with E-state index in [1.54, 1.807) is 0 Å². The van der Waals surface area contributed by atoms with Gasteiger partial charge in [-0.3, -0.25) is 0 Å². The number of rotatable bonds is 2. The molecule has 0 saturated carbocycles. The first-order valence-corrected chi connectivity index (χ1v) is 4.40. The summed E-state index contributed by atoms with van der Waals surface area (Å²) in [4.78, 5) is 4.30. The second-order valence-corrected chi connectivity index (χ2v) is 2.63. The maximum Gasteiger partial charge on any atom is 0.208 e. The summed E-state index contributed by atoms with van der Waals surface area (Å²) >= 11 is 0. The topological polar surface area (TPSA) is 21.6 Å². The van der Waals surface area contributed by atoms with Crippen molar-refractivity contribution in [2.75, 3.05) is 13.2 Å². The van der Waals surface area contributed by atoms with Crippen LogP contribution >= 0.6 is 0 Å². The summed E-state index contributed by atoms with van der Waals surface area (Å²) in [6.45, 7) is 5.57. The Balaban J connectivity index is 2.58. The van der Waals surface area contributed by atoms with Crippen LogP contribution < -0.4 is 0 Å². The minimum atomic E-state index is 0.685. The molecular weight excluding hydrogens is 150 g/mol. The van der Waals surface area contributed by atoms with Crippen LogP contribution in [0.5, 0.6) is 0 Å². The molecule has 1 heterocycles. The highest BCUT2D eigenvalue weighted by molar-refractivity contribution is 5.88. The lowest BCUT2D eigenvalue weighted by Gasteiger charge is -2.01. The normalized spacial score (nSPS) is 16.5. The van der Waals surface area contributed by atoms with Crippen LogP contribution in [0.15, 0.2) is 28.8 Å². The van der Waals surface area contributed by atoms with Crippen LogP contribution in [-0.2, 0) is 4.74 Å². The summed E-state index contributed by atoms with van der Waals surface area (Å²) < 4.78 is 5.29. The van der Waals surface area contributed by atoms with Gasteiger partial charge >= 0.3 is 0 Å². The molecule has 0 aromatic rings. The van der Waals surface area contributed by atoms with Gasteiger partial charge in [0.2, 0.25) is 5.90 Å². The van der Waals surface area contributed by atoms with E-state index >= 15 is 0 Å². The largest absolute Gasteiger partial charge is 0.478 e. The zero-order chi connectivity index (χ0) is 8.81. The molecule has 0 amide bonds. The molecule has 0 fully saturated rings. The third-order valence-corrected chi connectivity index (χ3v) is 1.76. The minimum Gasteiger partial charge on any atom is -0.478 e. The van der Waals surface area contributed by atoms with Crippen molar-refractivity contribution in [3.63, 3.8) is 0 Å². The highest BCUT2D eigenvalue weighted by atomic mass is 16.5. The Morgan fingerprint density at radius 3 is 3.00 bits per heavy atom. The summed E-state index contributed by atoms with van der Waals surface area (Å²) in [7, 11) is 0. The molecule has 2 heteroatoms. The van der Waals surface area contributed by atoms with Gasteiger partial charge in [-0.2, -0.15) is 0 Å². The quantitative estimate of drug-likeness (QED) is 0.615. The molecule has 1 aliphatic heterocycles. The van der Waals surface area contributed by atoms with E-state index in [-0.39, 0.29) is 0 Å². The molecule has 0 bridgehead atoms. The standard InChI is InChI=1S/C10H15NO/c1-3-9-6-5-7-10(11-8-9)12-4-2/h5-7H,3-4,8H2,1-2H3. The second kappa shape index (κ2) is 4.75. The van der Waals surface area contributed by atoms with Gasteiger partial charge in [0.05, 0.1) is 13.2 Å². The maximum absolute atomic E-state index is 5.29. The van der Waals surface area contributed by atoms with E-state index in [9.17, 15) is 0 Å².